The van der Waals surface area contributed by atoms with Gasteiger partial charge in [-0.2, -0.15) is 0 Å². The van der Waals surface area contributed by atoms with Crippen LogP contribution < -0.4 is 0 Å². The number of aromatic hydroxyl groups is 1. The Balaban J connectivity index is 2.93. The molecule has 1 rings (SSSR count). The molecule has 0 radical (unpaired) electrons. The number of aryl methyl sites for hydroxylation is 1. The van der Waals surface area contributed by atoms with Crippen molar-refractivity contribution in [2.75, 3.05) is 0 Å². The summed E-state index contributed by atoms with van der Waals surface area (Å²) >= 11 is 0. The van der Waals surface area contributed by atoms with Crippen LogP contribution in [0.15, 0.2) is 18.2 Å². The second kappa shape index (κ2) is 4.40. The third kappa shape index (κ3) is 2.40. The minimum absolute atomic E-state index is 0.117. The van der Waals surface area contributed by atoms with Crippen molar-refractivity contribution in [1.82, 2.24) is 0 Å². The number of hydrogen-bond acceptors (Lipinski definition) is 3. The molecule has 0 atom stereocenters. The summed E-state index contributed by atoms with van der Waals surface area (Å²) in [6.45, 7) is 0. The lowest BCUT2D eigenvalue weighted by Gasteiger charge is -2.02. The molecule has 0 spiro atoms. The smallest absolute Gasteiger partial charge is 0.150 e. The van der Waals surface area contributed by atoms with Crippen LogP contribution in [0, 0.1) is 0 Å². The fourth-order valence-corrected chi connectivity index (χ4v) is 1.14. The van der Waals surface area contributed by atoms with E-state index >= 15 is 0 Å². The van der Waals surface area contributed by atoms with Gasteiger partial charge in [0.2, 0.25) is 0 Å². The molecule has 68 valence electrons. The van der Waals surface area contributed by atoms with E-state index in [0.717, 1.165) is 12.6 Å². The Morgan fingerprint density at radius 1 is 1.31 bits per heavy atom. The van der Waals surface area contributed by atoms with Gasteiger partial charge in [0.15, 0.2) is 0 Å². The van der Waals surface area contributed by atoms with Crippen molar-refractivity contribution >= 4 is 12.6 Å². The summed E-state index contributed by atoms with van der Waals surface area (Å²) in [5.74, 6) is 0.117. The van der Waals surface area contributed by atoms with Gasteiger partial charge in [-0.05, 0) is 30.2 Å². The van der Waals surface area contributed by atoms with Crippen molar-refractivity contribution in [1.29, 1.82) is 0 Å². The molecule has 0 amide bonds. The molecule has 1 aromatic rings. The van der Waals surface area contributed by atoms with Crippen LogP contribution in [0.1, 0.15) is 22.3 Å². The van der Waals surface area contributed by atoms with Crippen molar-refractivity contribution in [3.8, 4) is 5.75 Å². The molecule has 1 N–H and O–H groups in total. The molecule has 0 unspecified atom stereocenters. The average molecular weight is 178 g/mol. The van der Waals surface area contributed by atoms with Crippen molar-refractivity contribution in [2.45, 2.75) is 12.8 Å². The van der Waals surface area contributed by atoms with Crippen molar-refractivity contribution in [2.24, 2.45) is 0 Å². The first-order valence-electron chi connectivity index (χ1n) is 3.98. The van der Waals surface area contributed by atoms with Gasteiger partial charge in [-0.25, -0.2) is 0 Å². The van der Waals surface area contributed by atoms with Crippen LogP contribution in [0.2, 0.25) is 0 Å². The van der Waals surface area contributed by atoms with Crippen LogP contribution in [-0.2, 0) is 11.2 Å². The van der Waals surface area contributed by atoms with E-state index < -0.39 is 0 Å². The fourth-order valence-electron chi connectivity index (χ4n) is 1.14. The monoisotopic (exact) mass is 178 g/mol. The van der Waals surface area contributed by atoms with Gasteiger partial charge in [0.05, 0.1) is 0 Å². The summed E-state index contributed by atoms with van der Waals surface area (Å²) in [5, 5.41) is 9.13. The Morgan fingerprint density at radius 3 is 2.69 bits per heavy atom. The minimum Gasteiger partial charge on any atom is -0.508 e. The van der Waals surface area contributed by atoms with Gasteiger partial charge >= 0.3 is 0 Å². The number of carbonyl (C=O) groups excluding carboxylic acids is 2. The molecule has 0 aromatic heterocycles. The molecule has 0 aliphatic rings. The molecule has 0 saturated heterocycles. The summed E-state index contributed by atoms with van der Waals surface area (Å²) in [7, 11) is 0. The van der Waals surface area contributed by atoms with E-state index in [0.29, 0.717) is 24.0 Å². The van der Waals surface area contributed by atoms with Crippen LogP contribution in [-0.4, -0.2) is 17.7 Å². The number of phenols is 1. The lowest BCUT2D eigenvalue weighted by molar-refractivity contribution is -0.107. The molecule has 0 aliphatic carbocycles. The molecular weight excluding hydrogens is 168 g/mol. The Morgan fingerprint density at radius 2 is 2.08 bits per heavy atom. The predicted octanol–water partition coefficient (Wildman–Crippen LogP) is 1.34. The second-order valence-electron chi connectivity index (χ2n) is 2.71. The maximum absolute atomic E-state index is 10.5. The van der Waals surface area contributed by atoms with Gasteiger partial charge in [-0.15, -0.1) is 0 Å². The van der Waals surface area contributed by atoms with E-state index in [9.17, 15) is 9.59 Å². The highest BCUT2D eigenvalue weighted by Crippen LogP contribution is 2.16. The Kier molecular flexibility index (Phi) is 3.20. The van der Waals surface area contributed by atoms with Crippen molar-refractivity contribution < 1.29 is 14.7 Å². The first-order chi connectivity index (χ1) is 6.27. The second-order valence-corrected chi connectivity index (χ2v) is 2.71. The molecule has 3 heteroatoms. The SMILES string of the molecule is O=CCCc1cc(O)ccc1C=O. The molecule has 0 bridgehead atoms. The molecule has 0 aliphatic heterocycles. The van der Waals surface area contributed by atoms with Gasteiger partial charge in [-0.1, -0.05) is 0 Å². The first-order valence-corrected chi connectivity index (χ1v) is 3.98. The first kappa shape index (κ1) is 9.45. The molecule has 3 nitrogen and oxygen atoms in total. The highest BCUT2D eigenvalue weighted by molar-refractivity contribution is 5.77. The zero-order valence-corrected chi connectivity index (χ0v) is 7.06. The summed E-state index contributed by atoms with van der Waals surface area (Å²) in [6, 6.07) is 4.50. The van der Waals surface area contributed by atoms with Gasteiger partial charge in [0.25, 0.3) is 0 Å². The Hall–Kier alpha value is -1.64. The summed E-state index contributed by atoms with van der Waals surface area (Å²) in [5.41, 5.74) is 1.24. The predicted molar refractivity (Wildman–Crippen MR) is 47.9 cm³/mol. The zero-order valence-electron chi connectivity index (χ0n) is 7.06. The standard InChI is InChI=1S/C10H10O3/c11-5-1-2-8-6-10(13)4-3-9(8)7-12/h3-7,13H,1-2H2. The molecule has 1 aromatic carbocycles. The maximum Gasteiger partial charge on any atom is 0.150 e. The number of benzene rings is 1. The Bertz CT molecular complexity index is 318. The highest BCUT2D eigenvalue weighted by atomic mass is 16.3. The summed E-state index contributed by atoms with van der Waals surface area (Å²) in [6.07, 6.45) is 2.37. The van der Waals surface area contributed by atoms with E-state index in [1.807, 2.05) is 0 Å². The largest absolute Gasteiger partial charge is 0.508 e. The van der Waals surface area contributed by atoms with E-state index in [2.05, 4.69) is 0 Å². The summed E-state index contributed by atoms with van der Waals surface area (Å²) in [4.78, 5) is 20.6. The van der Waals surface area contributed by atoms with E-state index in [-0.39, 0.29) is 5.75 Å². The van der Waals surface area contributed by atoms with E-state index in [1.54, 1.807) is 6.07 Å². The molecular formula is C10H10O3. The van der Waals surface area contributed by atoms with Crippen molar-refractivity contribution in [3.63, 3.8) is 0 Å². The maximum atomic E-state index is 10.5. The lowest BCUT2D eigenvalue weighted by Crippen LogP contribution is -1.93. The number of carbonyl (C=O) groups is 2. The number of rotatable bonds is 4. The topological polar surface area (TPSA) is 54.4 Å². The van der Waals surface area contributed by atoms with Crippen LogP contribution in [0.3, 0.4) is 0 Å². The number of aldehydes is 2. The molecule has 0 heterocycles. The van der Waals surface area contributed by atoms with E-state index in [1.165, 1.54) is 12.1 Å². The third-order valence-corrected chi connectivity index (χ3v) is 1.79. The van der Waals surface area contributed by atoms with Gasteiger partial charge in [-0.3, -0.25) is 4.79 Å². The normalized spacial score (nSPS) is 9.54. The lowest BCUT2D eigenvalue weighted by atomic mass is 10.0. The molecule has 0 saturated carbocycles. The van der Waals surface area contributed by atoms with Crippen LogP contribution in [0.25, 0.3) is 0 Å². The van der Waals surface area contributed by atoms with Gasteiger partial charge < -0.3 is 9.90 Å². The van der Waals surface area contributed by atoms with Gasteiger partial charge in [0.1, 0.15) is 18.3 Å². The van der Waals surface area contributed by atoms with Crippen LogP contribution >= 0.6 is 0 Å². The average Bonchev–Trinajstić information content (AvgIpc) is 2.15. The number of phenolic OH excluding ortho intramolecular Hbond substituents is 1. The Labute approximate surface area is 76.0 Å². The third-order valence-electron chi connectivity index (χ3n) is 1.79. The highest BCUT2D eigenvalue weighted by Gasteiger charge is 2.01. The van der Waals surface area contributed by atoms with Crippen LogP contribution in [0.5, 0.6) is 5.75 Å². The zero-order chi connectivity index (χ0) is 9.68. The summed E-state index contributed by atoms with van der Waals surface area (Å²) < 4.78 is 0. The van der Waals surface area contributed by atoms with Crippen molar-refractivity contribution in [3.05, 3.63) is 29.3 Å². The molecule has 0 fully saturated rings. The van der Waals surface area contributed by atoms with E-state index in [4.69, 9.17) is 5.11 Å². The molecule has 13 heavy (non-hydrogen) atoms. The van der Waals surface area contributed by atoms with Gasteiger partial charge in [0, 0.05) is 12.0 Å². The fraction of sp³-hybridized carbons (Fsp3) is 0.200. The quantitative estimate of drug-likeness (QED) is 0.708. The van der Waals surface area contributed by atoms with Crippen LogP contribution in [0.4, 0.5) is 0 Å². The minimum atomic E-state index is 0.117. The number of hydrogen-bond donors (Lipinski definition) is 1.